The van der Waals surface area contributed by atoms with E-state index in [2.05, 4.69) is 10.2 Å². The number of allylic oxidation sites excluding steroid dienone is 4. The van der Waals surface area contributed by atoms with Gasteiger partial charge in [0, 0.05) is 17.6 Å². The van der Waals surface area contributed by atoms with Gasteiger partial charge in [0.1, 0.15) is 11.5 Å². The van der Waals surface area contributed by atoms with Gasteiger partial charge < -0.3 is 5.11 Å². The normalized spacial score (nSPS) is 15.5. The fourth-order valence-electron chi connectivity index (χ4n) is 3.19. The molecule has 0 radical (unpaired) electrons. The van der Waals surface area contributed by atoms with Gasteiger partial charge in [0.05, 0.1) is 32.5 Å². The van der Waals surface area contributed by atoms with Crippen LogP contribution in [0.2, 0.25) is 10.0 Å². The highest BCUT2D eigenvalue weighted by molar-refractivity contribution is 6.43. The smallest absolute Gasteiger partial charge is 0.335 e. The summed E-state index contributed by atoms with van der Waals surface area (Å²) in [5, 5.41) is 17.5. The molecule has 1 heterocycles. The van der Waals surface area contributed by atoms with Crippen LogP contribution in [0.3, 0.4) is 0 Å². The molecule has 0 saturated heterocycles. The van der Waals surface area contributed by atoms with Crippen molar-refractivity contribution in [3.63, 3.8) is 0 Å². The molecule has 0 bridgehead atoms. The molecule has 1 aliphatic heterocycles. The number of carbonyl (C=O) groups excluding carboxylic acids is 1. The molecule has 0 fully saturated rings. The molecule has 29 heavy (non-hydrogen) atoms. The maximum Gasteiger partial charge on any atom is 0.335 e. The molecule has 0 amide bonds. The topological polar surface area (TPSA) is 79.1 Å². The average Bonchev–Trinajstić information content (AvgIpc) is 3.11. The zero-order valence-electron chi connectivity index (χ0n) is 14.6. The summed E-state index contributed by atoms with van der Waals surface area (Å²) in [6, 6.07) is 10.5. The molecule has 2 aromatic carbocycles. The number of benzene rings is 2. The van der Waals surface area contributed by atoms with E-state index in [1.54, 1.807) is 6.07 Å². The Bertz CT molecular complexity index is 1170. The Kier molecular flexibility index (Phi) is 4.90. The first-order valence-electron chi connectivity index (χ1n) is 8.46. The van der Waals surface area contributed by atoms with Crippen LogP contribution in [0.1, 0.15) is 32.7 Å². The minimum Gasteiger partial charge on any atom is -0.478 e. The third kappa shape index (κ3) is 3.30. The van der Waals surface area contributed by atoms with Crippen molar-refractivity contribution in [2.45, 2.75) is 6.42 Å². The first-order chi connectivity index (χ1) is 13.9. The van der Waals surface area contributed by atoms with Gasteiger partial charge in [-0.2, -0.15) is 5.10 Å². The zero-order chi connectivity index (χ0) is 20.7. The van der Waals surface area contributed by atoms with E-state index in [0.29, 0.717) is 11.3 Å². The summed E-state index contributed by atoms with van der Waals surface area (Å²) in [5.74, 6) is -2.46. The standard InChI is InChI=1S/C21H11Cl2FN2O3/c22-12-2-1-3-13(23)16(12)20(27)17-14(24)8-9-15-18(17)19(26-25-15)10-4-6-11(7-5-10)21(28)29/h1-8H,9H2,(H,28,29). The molecular weight excluding hydrogens is 418 g/mol. The monoisotopic (exact) mass is 428 g/mol. The molecule has 0 unspecified atom stereocenters. The molecule has 8 heteroatoms. The lowest BCUT2D eigenvalue weighted by atomic mass is 9.85. The van der Waals surface area contributed by atoms with Gasteiger partial charge in [0.2, 0.25) is 0 Å². The summed E-state index contributed by atoms with van der Waals surface area (Å²) in [5.41, 5.74) is 1.36. The van der Waals surface area contributed by atoms with Crippen LogP contribution in [-0.2, 0) is 0 Å². The lowest BCUT2D eigenvalue weighted by Gasteiger charge is -2.17. The number of ketones is 1. The SMILES string of the molecule is O=C(O)c1ccc(C2=NN=C3CC=C(F)C(C(=O)c4c(Cl)cccc4Cl)=C32)cc1. The maximum atomic E-state index is 14.9. The van der Waals surface area contributed by atoms with Crippen molar-refractivity contribution in [3.05, 3.63) is 92.2 Å². The van der Waals surface area contributed by atoms with E-state index in [4.69, 9.17) is 28.3 Å². The summed E-state index contributed by atoms with van der Waals surface area (Å²) < 4.78 is 14.9. The molecule has 0 aromatic heterocycles. The summed E-state index contributed by atoms with van der Waals surface area (Å²) in [6.07, 6.45) is 1.43. The number of aromatic carboxylic acids is 1. The highest BCUT2D eigenvalue weighted by Gasteiger charge is 2.34. The molecule has 2 aliphatic rings. The zero-order valence-corrected chi connectivity index (χ0v) is 16.1. The number of fused-ring (bicyclic) bond motifs is 1. The van der Waals surface area contributed by atoms with Crippen molar-refractivity contribution in [2.75, 3.05) is 0 Å². The number of Topliss-reactive ketones (excluding diaryl/α,β-unsaturated/α-hetero) is 1. The fraction of sp³-hybridized carbons (Fsp3) is 0.0476. The first-order valence-corrected chi connectivity index (χ1v) is 9.22. The Labute approximate surface area is 174 Å². The number of halogens is 3. The predicted octanol–water partition coefficient (Wildman–Crippen LogP) is 5.29. The van der Waals surface area contributed by atoms with Crippen LogP contribution >= 0.6 is 23.2 Å². The van der Waals surface area contributed by atoms with Crippen LogP contribution < -0.4 is 0 Å². The van der Waals surface area contributed by atoms with Crippen molar-refractivity contribution < 1.29 is 19.1 Å². The fourth-order valence-corrected chi connectivity index (χ4v) is 3.76. The van der Waals surface area contributed by atoms with E-state index in [9.17, 15) is 14.0 Å². The number of carbonyl (C=O) groups is 2. The molecule has 0 saturated carbocycles. The van der Waals surface area contributed by atoms with Crippen molar-refractivity contribution in [1.29, 1.82) is 0 Å². The quantitative estimate of drug-likeness (QED) is 0.672. The van der Waals surface area contributed by atoms with Crippen molar-refractivity contribution in [2.24, 2.45) is 10.2 Å². The average molecular weight is 429 g/mol. The Morgan fingerprint density at radius 3 is 2.28 bits per heavy atom. The van der Waals surface area contributed by atoms with E-state index < -0.39 is 17.6 Å². The van der Waals surface area contributed by atoms with E-state index in [0.717, 1.165) is 0 Å². The van der Waals surface area contributed by atoms with E-state index >= 15 is 0 Å². The minimum atomic E-state index is -1.07. The van der Waals surface area contributed by atoms with Gasteiger partial charge in [-0.1, -0.05) is 41.4 Å². The number of hydrogen-bond donors (Lipinski definition) is 1. The van der Waals surface area contributed by atoms with Gasteiger partial charge in [0.25, 0.3) is 0 Å². The van der Waals surface area contributed by atoms with Crippen LogP contribution in [-0.4, -0.2) is 28.3 Å². The molecule has 5 nitrogen and oxygen atoms in total. The molecule has 0 spiro atoms. The lowest BCUT2D eigenvalue weighted by Crippen LogP contribution is -2.21. The van der Waals surface area contributed by atoms with Crippen LogP contribution in [0.4, 0.5) is 4.39 Å². The second kappa shape index (κ2) is 7.39. The number of rotatable bonds is 4. The highest BCUT2D eigenvalue weighted by atomic mass is 35.5. The molecule has 1 aliphatic carbocycles. The third-order valence-electron chi connectivity index (χ3n) is 4.58. The number of hydrogen-bond acceptors (Lipinski definition) is 4. The summed E-state index contributed by atoms with van der Waals surface area (Å²) in [4.78, 5) is 24.3. The van der Waals surface area contributed by atoms with Crippen molar-refractivity contribution in [1.82, 2.24) is 0 Å². The predicted molar refractivity (Wildman–Crippen MR) is 109 cm³/mol. The summed E-state index contributed by atoms with van der Waals surface area (Å²) in [6.45, 7) is 0. The van der Waals surface area contributed by atoms with Gasteiger partial charge in [-0.25, -0.2) is 9.18 Å². The minimum absolute atomic E-state index is 0.00407. The number of nitrogens with zero attached hydrogens (tertiary/aromatic N) is 2. The van der Waals surface area contributed by atoms with E-state index in [-0.39, 0.29) is 44.5 Å². The van der Waals surface area contributed by atoms with E-state index in [1.165, 1.54) is 42.5 Å². The molecule has 144 valence electrons. The Hall–Kier alpha value is -3.09. The Morgan fingerprint density at radius 1 is 1.00 bits per heavy atom. The maximum absolute atomic E-state index is 14.9. The Balaban J connectivity index is 1.86. The molecule has 0 atom stereocenters. The molecule has 1 N–H and O–H groups in total. The first kappa shape index (κ1) is 19.2. The van der Waals surface area contributed by atoms with E-state index in [1.807, 2.05) is 0 Å². The van der Waals surface area contributed by atoms with Crippen molar-refractivity contribution >= 4 is 46.4 Å². The van der Waals surface area contributed by atoms with Gasteiger partial charge in [-0.3, -0.25) is 4.79 Å². The lowest BCUT2D eigenvalue weighted by molar-refractivity contribution is 0.0696. The number of carboxylic acid groups (broad SMARTS) is 1. The van der Waals surface area contributed by atoms with Crippen LogP contribution in [0.25, 0.3) is 0 Å². The van der Waals surface area contributed by atoms with Gasteiger partial charge in [-0.15, -0.1) is 5.10 Å². The second-order valence-corrected chi connectivity index (χ2v) is 7.12. The molecule has 4 rings (SSSR count). The highest BCUT2D eigenvalue weighted by Crippen LogP contribution is 2.36. The largest absolute Gasteiger partial charge is 0.478 e. The van der Waals surface area contributed by atoms with Crippen LogP contribution in [0.5, 0.6) is 0 Å². The van der Waals surface area contributed by atoms with Gasteiger partial charge >= 0.3 is 5.97 Å². The van der Waals surface area contributed by atoms with Gasteiger partial charge in [-0.05, 0) is 30.3 Å². The molecular formula is C21H11Cl2FN2O3. The third-order valence-corrected chi connectivity index (χ3v) is 5.21. The van der Waals surface area contributed by atoms with Crippen LogP contribution in [0.15, 0.2) is 75.7 Å². The van der Waals surface area contributed by atoms with Crippen molar-refractivity contribution in [3.8, 4) is 0 Å². The second-order valence-electron chi connectivity index (χ2n) is 6.31. The summed E-state index contributed by atoms with van der Waals surface area (Å²) in [7, 11) is 0. The van der Waals surface area contributed by atoms with Crippen LogP contribution in [0, 0.1) is 0 Å². The van der Waals surface area contributed by atoms with Gasteiger partial charge in [0.15, 0.2) is 5.78 Å². The Morgan fingerprint density at radius 2 is 1.66 bits per heavy atom. The summed E-state index contributed by atoms with van der Waals surface area (Å²) >= 11 is 12.3. The molecule has 2 aromatic rings. The number of carboxylic acids is 1.